The molecule has 2 aromatic rings. The van der Waals surface area contributed by atoms with Crippen molar-refractivity contribution in [2.75, 3.05) is 0 Å². The topological polar surface area (TPSA) is 22.1 Å². The molecule has 2 rings (SSSR count). The van der Waals surface area contributed by atoms with E-state index in [4.69, 9.17) is 16.3 Å². The predicted octanol–water partition coefficient (Wildman–Crippen LogP) is 5.05. The van der Waals surface area contributed by atoms with E-state index in [0.29, 0.717) is 16.7 Å². The first-order valence-electron chi connectivity index (χ1n) is 4.40. The second-order valence-corrected chi connectivity index (χ2v) is 5.08. The minimum Gasteiger partial charge on any atom is -0.438 e. The molecule has 0 atom stereocenters. The number of hydrogen-bond donors (Lipinski definition) is 0. The van der Waals surface area contributed by atoms with E-state index in [1.807, 2.05) is 12.1 Å². The Hall–Kier alpha value is -0.580. The Kier molecular flexibility index (Phi) is 3.84. The van der Waals surface area contributed by atoms with E-state index in [0.717, 1.165) is 9.08 Å². The summed E-state index contributed by atoms with van der Waals surface area (Å²) >= 11 is 12.5. The number of nitrogens with zero attached hydrogens (tertiary/aromatic N) is 1. The summed E-state index contributed by atoms with van der Waals surface area (Å²) in [5.74, 6) is 1.20. The van der Waals surface area contributed by atoms with Gasteiger partial charge in [0.15, 0.2) is 0 Å². The van der Waals surface area contributed by atoms with Crippen molar-refractivity contribution in [2.24, 2.45) is 0 Å². The molecule has 0 saturated heterocycles. The molecule has 16 heavy (non-hydrogen) atoms. The number of ether oxygens (including phenoxy) is 1. The molecule has 0 aliphatic rings. The summed E-state index contributed by atoms with van der Waals surface area (Å²) in [6.45, 7) is 0. The Balaban J connectivity index is 2.27. The number of aromatic nitrogens is 1. The van der Waals surface area contributed by atoms with Crippen molar-refractivity contribution in [3.05, 3.63) is 50.5 Å². The normalized spacial score (nSPS) is 10.2. The van der Waals surface area contributed by atoms with Gasteiger partial charge in [0.1, 0.15) is 10.4 Å². The summed E-state index contributed by atoms with van der Waals surface area (Å²) in [5.41, 5.74) is 0. The Morgan fingerprint density at radius 2 is 1.94 bits per heavy atom. The monoisotopic (exact) mass is 361 g/mol. The quantitative estimate of drug-likeness (QED) is 0.697. The van der Waals surface area contributed by atoms with E-state index in [1.165, 1.54) is 0 Å². The Bertz CT molecular complexity index is 519. The lowest BCUT2D eigenvalue weighted by atomic mass is 10.3. The zero-order valence-corrected chi connectivity index (χ0v) is 11.9. The smallest absolute Gasteiger partial charge is 0.220 e. The third-order valence-electron chi connectivity index (χ3n) is 1.80. The highest BCUT2D eigenvalue weighted by Crippen LogP contribution is 2.31. The maximum atomic E-state index is 5.84. The van der Waals surface area contributed by atoms with E-state index < -0.39 is 0 Å². The van der Waals surface area contributed by atoms with Gasteiger partial charge in [0.25, 0.3) is 0 Å². The lowest BCUT2D eigenvalue weighted by Crippen LogP contribution is -1.88. The zero-order chi connectivity index (χ0) is 11.5. The van der Waals surface area contributed by atoms with Gasteiger partial charge >= 0.3 is 0 Å². The van der Waals surface area contributed by atoms with Gasteiger partial charge in [-0.05, 0) is 56.1 Å². The average molecular weight is 363 g/mol. The molecule has 0 N–H and O–H groups in total. The van der Waals surface area contributed by atoms with Crippen LogP contribution in [0.3, 0.4) is 0 Å². The molecule has 1 aromatic heterocycles. The first-order chi connectivity index (χ1) is 7.65. The molecule has 2 nitrogen and oxygen atoms in total. The van der Waals surface area contributed by atoms with Crippen molar-refractivity contribution >= 4 is 43.5 Å². The highest BCUT2D eigenvalue weighted by Gasteiger charge is 2.04. The van der Waals surface area contributed by atoms with Gasteiger partial charge in [0.2, 0.25) is 5.88 Å². The van der Waals surface area contributed by atoms with Crippen molar-refractivity contribution in [1.29, 1.82) is 0 Å². The number of halogens is 3. The van der Waals surface area contributed by atoms with E-state index >= 15 is 0 Å². The van der Waals surface area contributed by atoms with E-state index in [2.05, 4.69) is 36.8 Å². The number of rotatable bonds is 2. The van der Waals surface area contributed by atoms with Crippen LogP contribution in [-0.2, 0) is 0 Å². The molecule has 0 spiro atoms. The molecule has 0 aliphatic carbocycles. The van der Waals surface area contributed by atoms with Crippen LogP contribution < -0.4 is 4.74 Å². The largest absolute Gasteiger partial charge is 0.438 e. The Morgan fingerprint density at radius 3 is 2.62 bits per heavy atom. The minimum atomic E-state index is 0.525. The molecule has 0 radical (unpaired) electrons. The van der Waals surface area contributed by atoms with Gasteiger partial charge in [0.05, 0.1) is 4.47 Å². The molecule has 0 amide bonds. The Labute approximate surface area is 115 Å². The first-order valence-corrected chi connectivity index (χ1v) is 6.37. The molecule has 5 heteroatoms. The van der Waals surface area contributed by atoms with Gasteiger partial charge in [0, 0.05) is 11.1 Å². The molecule has 1 aromatic carbocycles. The maximum Gasteiger partial charge on any atom is 0.220 e. The maximum absolute atomic E-state index is 5.84. The molecule has 0 saturated carbocycles. The first kappa shape index (κ1) is 11.9. The second kappa shape index (κ2) is 5.17. The van der Waals surface area contributed by atoms with Crippen molar-refractivity contribution in [2.45, 2.75) is 0 Å². The van der Waals surface area contributed by atoms with Crippen LogP contribution in [0.15, 0.2) is 45.5 Å². The van der Waals surface area contributed by atoms with Crippen molar-refractivity contribution in [3.8, 4) is 11.6 Å². The van der Waals surface area contributed by atoms with Crippen LogP contribution >= 0.6 is 43.5 Å². The van der Waals surface area contributed by atoms with Crippen LogP contribution in [0.5, 0.6) is 11.6 Å². The van der Waals surface area contributed by atoms with Crippen LogP contribution in [0.1, 0.15) is 0 Å². The van der Waals surface area contributed by atoms with Crippen LogP contribution in [0.4, 0.5) is 0 Å². The summed E-state index contributed by atoms with van der Waals surface area (Å²) < 4.78 is 7.12. The Morgan fingerprint density at radius 1 is 1.12 bits per heavy atom. The molecule has 82 valence electrons. The molecular formula is C11H6Br2ClNO. The van der Waals surface area contributed by atoms with Crippen LogP contribution in [0.25, 0.3) is 0 Å². The molecule has 0 aliphatic heterocycles. The summed E-state index contributed by atoms with van der Waals surface area (Å²) in [6, 6.07) is 10.8. The zero-order valence-electron chi connectivity index (χ0n) is 7.95. The average Bonchev–Trinajstić information content (AvgIpc) is 2.22. The van der Waals surface area contributed by atoms with E-state index in [9.17, 15) is 0 Å². The highest BCUT2D eigenvalue weighted by molar-refractivity contribution is 9.10. The van der Waals surface area contributed by atoms with Crippen molar-refractivity contribution < 1.29 is 4.74 Å². The van der Waals surface area contributed by atoms with Gasteiger partial charge in [-0.15, -0.1) is 0 Å². The van der Waals surface area contributed by atoms with Crippen LogP contribution in [0.2, 0.25) is 5.02 Å². The van der Waals surface area contributed by atoms with E-state index in [1.54, 1.807) is 24.3 Å². The number of pyridine rings is 1. The fourth-order valence-electron chi connectivity index (χ4n) is 1.12. The van der Waals surface area contributed by atoms with Crippen molar-refractivity contribution in [3.63, 3.8) is 0 Å². The molecular weight excluding hydrogens is 357 g/mol. The van der Waals surface area contributed by atoms with Gasteiger partial charge in [-0.3, -0.25) is 0 Å². The van der Waals surface area contributed by atoms with Gasteiger partial charge in [-0.1, -0.05) is 17.7 Å². The summed E-state index contributed by atoms with van der Waals surface area (Å²) in [4.78, 5) is 4.17. The standard InChI is InChI=1S/C11H6Br2ClNO/c12-8-6-7(14)4-5-9(8)16-11-3-1-2-10(13)15-11/h1-6H. The van der Waals surface area contributed by atoms with E-state index in [-0.39, 0.29) is 0 Å². The fraction of sp³-hybridized carbons (Fsp3) is 0. The SMILES string of the molecule is Clc1ccc(Oc2cccc(Br)n2)c(Br)c1. The molecule has 0 bridgehead atoms. The van der Waals surface area contributed by atoms with Gasteiger partial charge < -0.3 is 4.74 Å². The summed E-state index contributed by atoms with van der Waals surface area (Å²) in [6.07, 6.45) is 0. The highest BCUT2D eigenvalue weighted by atomic mass is 79.9. The minimum absolute atomic E-state index is 0.525. The third kappa shape index (κ3) is 2.97. The van der Waals surface area contributed by atoms with Crippen LogP contribution in [0, 0.1) is 0 Å². The van der Waals surface area contributed by atoms with Crippen LogP contribution in [-0.4, -0.2) is 4.98 Å². The molecule has 0 unspecified atom stereocenters. The molecule has 1 heterocycles. The fourth-order valence-corrected chi connectivity index (χ4v) is 2.21. The van der Waals surface area contributed by atoms with Gasteiger partial charge in [-0.2, -0.15) is 0 Å². The second-order valence-electron chi connectivity index (χ2n) is 2.98. The number of benzene rings is 1. The van der Waals surface area contributed by atoms with Gasteiger partial charge in [-0.25, -0.2) is 4.98 Å². The lowest BCUT2D eigenvalue weighted by Gasteiger charge is -2.06. The molecule has 0 fully saturated rings. The summed E-state index contributed by atoms with van der Waals surface area (Å²) in [5, 5.41) is 0.654. The lowest BCUT2D eigenvalue weighted by molar-refractivity contribution is 0.459. The summed E-state index contributed by atoms with van der Waals surface area (Å²) in [7, 11) is 0. The number of hydrogen-bond acceptors (Lipinski definition) is 2. The third-order valence-corrected chi connectivity index (χ3v) is 3.09. The predicted molar refractivity (Wildman–Crippen MR) is 71.2 cm³/mol. The van der Waals surface area contributed by atoms with Crippen molar-refractivity contribution in [1.82, 2.24) is 4.98 Å².